The van der Waals surface area contributed by atoms with Crippen LogP contribution in [0.2, 0.25) is 0 Å². The largest absolute Gasteiger partial charge is 0.384 e. The van der Waals surface area contributed by atoms with E-state index in [1.807, 2.05) is 13.1 Å². The minimum Gasteiger partial charge on any atom is -0.384 e. The topological polar surface area (TPSA) is 91.8 Å². The van der Waals surface area contributed by atoms with Crippen LogP contribution < -0.4 is 10.2 Å². The van der Waals surface area contributed by atoms with Crippen LogP contribution >= 0.6 is 22.9 Å². The summed E-state index contributed by atoms with van der Waals surface area (Å²) in [4.78, 5) is 12.9. The van der Waals surface area contributed by atoms with E-state index < -0.39 is 0 Å². The molecule has 3 aromatic rings. The van der Waals surface area contributed by atoms with E-state index in [2.05, 4.69) is 29.8 Å². The second-order valence-corrected chi connectivity index (χ2v) is 9.33. The number of fused-ring (bicyclic) bond motifs is 3. The highest BCUT2D eigenvalue weighted by atomic mass is 32.1. The van der Waals surface area contributed by atoms with Crippen molar-refractivity contribution < 1.29 is 4.74 Å². The molecule has 0 spiro atoms. The number of aromatic amines is 1. The van der Waals surface area contributed by atoms with E-state index in [1.54, 1.807) is 18.4 Å². The van der Waals surface area contributed by atoms with Crippen molar-refractivity contribution in [3.05, 3.63) is 16.1 Å². The van der Waals surface area contributed by atoms with Gasteiger partial charge >= 0.3 is 0 Å². The maximum Gasteiger partial charge on any atom is 0.241 e. The summed E-state index contributed by atoms with van der Waals surface area (Å²) >= 11 is 3.06. The Morgan fingerprint density at radius 2 is 2.26 bits per heavy atom. The second-order valence-electron chi connectivity index (χ2n) is 7.29. The molecule has 2 N–H and O–H groups in total. The van der Waals surface area contributed by atoms with Crippen molar-refractivity contribution >= 4 is 39.8 Å². The molecule has 0 saturated heterocycles. The van der Waals surface area contributed by atoms with Crippen LogP contribution in [0.1, 0.15) is 22.7 Å². The molecule has 0 amide bonds. The molecule has 0 bridgehead atoms. The van der Waals surface area contributed by atoms with Gasteiger partial charge in [0.1, 0.15) is 10.8 Å². The molecule has 8 nitrogen and oxygen atoms in total. The van der Waals surface area contributed by atoms with Gasteiger partial charge in [-0.25, -0.2) is 9.97 Å². The van der Waals surface area contributed by atoms with Gasteiger partial charge in [-0.15, -0.1) is 11.3 Å². The lowest BCUT2D eigenvalue weighted by Crippen LogP contribution is -2.34. The van der Waals surface area contributed by atoms with E-state index in [-0.39, 0.29) is 0 Å². The molecule has 1 saturated carbocycles. The summed E-state index contributed by atoms with van der Waals surface area (Å²) in [6.45, 7) is 4.71. The molecule has 1 fully saturated rings. The molecular weight excluding hydrogens is 382 g/mol. The molecule has 0 aromatic carbocycles. The highest BCUT2D eigenvalue weighted by Crippen LogP contribution is 2.48. The monoisotopic (exact) mass is 403 g/mol. The van der Waals surface area contributed by atoms with Crippen LogP contribution in [-0.2, 0) is 11.2 Å². The Bertz CT molecular complexity index is 958. The van der Waals surface area contributed by atoms with Crippen LogP contribution in [-0.4, -0.2) is 51.3 Å². The Kier molecular flexibility index (Phi) is 4.14. The Labute approximate surface area is 165 Å². The number of aromatic nitrogens is 5. The summed E-state index contributed by atoms with van der Waals surface area (Å²) in [7, 11) is 1.79. The number of nitrogens with zero attached hydrogens (tertiary/aromatic N) is 5. The average Bonchev–Trinajstić information content (AvgIpc) is 3.02. The molecule has 5 rings (SSSR count). The van der Waals surface area contributed by atoms with Crippen LogP contribution in [0, 0.1) is 12.3 Å². The zero-order valence-corrected chi connectivity index (χ0v) is 16.9. The van der Waals surface area contributed by atoms with Gasteiger partial charge in [0.2, 0.25) is 5.95 Å². The van der Waals surface area contributed by atoms with Crippen LogP contribution in [0.5, 0.6) is 0 Å². The quantitative estimate of drug-likeness (QED) is 0.653. The maximum absolute atomic E-state index is 5.45. The Morgan fingerprint density at radius 1 is 1.37 bits per heavy atom. The van der Waals surface area contributed by atoms with Crippen molar-refractivity contribution in [1.29, 1.82) is 0 Å². The van der Waals surface area contributed by atoms with Gasteiger partial charge in [-0.2, -0.15) is 9.47 Å². The first-order valence-corrected chi connectivity index (χ1v) is 10.6. The summed E-state index contributed by atoms with van der Waals surface area (Å²) in [5.41, 5.74) is 2.38. The number of H-pyrrole nitrogens is 1. The lowest BCUT2D eigenvalue weighted by atomic mass is 10.1. The Balaban J connectivity index is 1.42. The molecule has 0 atom stereocenters. The fourth-order valence-corrected chi connectivity index (χ4v) is 5.06. The molecule has 3 aromatic heterocycles. The van der Waals surface area contributed by atoms with Gasteiger partial charge in [-0.05, 0) is 31.3 Å². The molecule has 27 heavy (non-hydrogen) atoms. The summed E-state index contributed by atoms with van der Waals surface area (Å²) in [6, 6.07) is 0. The van der Waals surface area contributed by atoms with Gasteiger partial charge in [-0.1, -0.05) is 0 Å². The number of aryl methyl sites for hydroxylation is 1. The van der Waals surface area contributed by atoms with Gasteiger partial charge in [0, 0.05) is 36.9 Å². The van der Waals surface area contributed by atoms with Gasteiger partial charge in [0.15, 0.2) is 5.13 Å². The average molecular weight is 404 g/mol. The van der Waals surface area contributed by atoms with Gasteiger partial charge in [0.05, 0.1) is 24.1 Å². The summed E-state index contributed by atoms with van der Waals surface area (Å²) in [5, 5.41) is 12.5. The van der Waals surface area contributed by atoms with E-state index in [0.717, 1.165) is 53.3 Å². The van der Waals surface area contributed by atoms with Crippen molar-refractivity contribution in [3.63, 3.8) is 0 Å². The molecule has 1 aliphatic heterocycles. The Hall–Kier alpha value is -2.04. The predicted molar refractivity (Wildman–Crippen MR) is 107 cm³/mol. The molecule has 0 radical (unpaired) electrons. The number of hydrogen-bond donors (Lipinski definition) is 2. The Morgan fingerprint density at radius 3 is 3.00 bits per heavy atom. The fraction of sp³-hybridized carbons (Fsp3) is 0.529. The van der Waals surface area contributed by atoms with E-state index >= 15 is 0 Å². The summed E-state index contributed by atoms with van der Waals surface area (Å²) in [5.74, 6) is 1.68. The third-order valence-electron chi connectivity index (χ3n) is 5.18. The normalized spacial score (nSPS) is 17.3. The first-order valence-electron chi connectivity index (χ1n) is 9.00. The number of thiazole rings is 1. The fourth-order valence-electron chi connectivity index (χ4n) is 3.67. The van der Waals surface area contributed by atoms with Crippen molar-refractivity contribution in [1.82, 2.24) is 24.5 Å². The van der Waals surface area contributed by atoms with Gasteiger partial charge < -0.3 is 9.64 Å². The smallest absolute Gasteiger partial charge is 0.241 e. The first-order chi connectivity index (χ1) is 13.2. The third-order valence-corrected chi connectivity index (χ3v) is 6.83. The van der Waals surface area contributed by atoms with E-state index in [1.165, 1.54) is 29.3 Å². The van der Waals surface area contributed by atoms with Crippen molar-refractivity contribution in [2.45, 2.75) is 26.2 Å². The van der Waals surface area contributed by atoms with E-state index in [4.69, 9.17) is 9.72 Å². The molecule has 142 valence electrons. The molecular formula is C17H21N7OS2. The molecule has 4 heterocycles. The highest BCUT2D eigenvalue weighted by molar-refractivity contribution is 7.16. The zero-order chi connectivity index (χ0) is 18.4. The van der Waals surface area contributed by atoms with Crippen molar-refractivity contribution in [3.8, 4) is 11.3 Å². The molecule has 10 heteroatoms. The first kappa shape index (κ1) is 17.1. The molecule has 2 aliphatic rings. The predicted octanol–water partition coefficient (Wildman–Crippen LogP) is 3.23. The zero-order valence-electron chi connectivity index (χ0n) is 15.3. The van der Waals surface area contributed by atoms with Gasteiger partial charge in [-0.3, -0.25) is 10.4 Å². The SMILES string of the molecule is COCC1(CN2CCc3sc(Nc4nsc(C)n4)nc3-c3cn[nH]c32)CC1. The van der Waals surface area contributed by atoms with Crippen molar-refractivity contribution in [2.75, 3.05) is 37.0 Å². The number of ether oxygens (including phenoxy) is 1. The van der Waals surface area contributed by atoms with Crippen LogP contribution in [0.25, 0.3) is 11.3 Å². The minimum absolute atomic E-state index is 0.295. The third kappa shape index (κ3) is 3.21. The lowest BCUT2D eigenvalue weighted by molar-refractivity contribution is 0.143. The second kappa shape index (κ2) is 6.54. The summed E-state index contributed by atoms with van der Waals surface area (Å²) < 4.78 is 9.74. The molecule has 0 unspecified atom stereocenters. The number of methoxy groups -OCH3 is 1. The number of rotatable bonds is 6. The van der Waals surface area contributed by atoms with Crippen LogP contribution in [0.3, 0.4) is 0 Å². The molecule has 1 aliphatic carbocycles. The van der Waals surface area contributed by atoms with Crippen molar-refractivity contribution in [2.24, 2.45) is 5.41 Å². The summed E-state index contributed by atoms with van der Waals surface area (Å²) in [6.07, 6.45) is 5.31. The number of anilines is 3. The number of hydrogen-bond acceptors (Lipinski definition) is 9. The minimum atomic E-state index is 0.295. The van der Waals surface area contributed by atoms with E-state index in [9.17, 15) is 0 Å². The van der Waals surface area contributed by atoms with E-state index in [0.29, 0.717) is 11.4 Å². The maximum atomic E-state index is 5.45. The van der Waals surface area contributed by atoms with Gasteiger partial charge in [0.25, 0.3) is 0 Å². The van der Waals surface area contributed by atoms with Crippen LogP contribution in [0.15, 0.2) is 6.20 Å². The lowest BCUT2D eigenvalue weighted by Gasteiger charge is -2.27. The number of nitrogens with one attached hydrogen (secondary N) is 2. The van der Waals surface area contributed by atoms with Crippen LogP contribution in [0.4, 0.5) is 16.9 Å². The standard InChI is InChI=1S/C17H21N7OS2/c1-10-19-15(23-27-10)21-16-20-13-11-7-18-22-14(11)24(6-3-12(13)26-16)8-17(4-5-17)9-25-2/h7H,3-6,8-9H2,1-2H3,(H,18,22)(H,20,21,23). The highest BCUT2D eigenvalue weighted by Gasteiger charge is 2.45.